The number of hydrogen-bond donors (Lipinski definition) is 0. The number of rotatable bonds is 2. The number of nitriles is 1. The van der Waals surface area contributed by atoms with Crippen molar-refractivity contribution in [3.63, 3.8) is 0 Å². The van der Waals surface area contributed by atoms with E-state index in [2.05, 4.69) is 22.0 Å². The number of nitrogens with zero attached hydrogens (tertiary/aromatic N) is 2. The van der Waals surface area contributed by atoms with Gasteiger partial charge in [-0.2, -0.15) is 5.26 Å². The van der Waals surface area contributed by atoms with Gasteiger partial charge in [0.25, 0.3) is 0 Å². The molecular weight excluding hydrogens is 228 g/mol. The van der Waals surface area contributed by atoms with Gasteiger partial charge >= 0.3 is 0 Å². The molecule has 0 N–H and O–H groups in total. The van der Waals surface area contributed by atoms with Crippen molar-refractivity contribution in [2.75, 3.05) is 18.5 Å². The molecule has 0 aliphatic rings. The topological polar surface area (TPSA) is 27.0 Å². The van der Waals surface area contributed by atoms with E-state index >= 15 is 0 Å². The minimum Gasteiger partial charge on any atom is -0.361 e. The van der Waals surface area contributed by atoms with Crippen LogP contribution in [0, 0.1) is 18.3 Å². The maximum Gasteiger partial charge on any atom is 0.105 e. The van der Waals surface area contributed by atoms with Crippen LogP contribution in [-0.4, -0.2) is 13.6 Å². The van der Waals surface area contributed by atoms with Crippen LogP contribution in [-0.2, 0) is 0 Å². The van der Waals surface area contributed by atoms with Gasteiger partial charge in [-0.15, -0.1) is 0 Å². The molecule has 1 rings (SSSR count). The summed E-state index contributed by atoms with van der Waals surface area (Å²) in [5.74, 6) is 0. The Morgan fingerprint density at radius 3 is 2.85 bits per heavy atom. The molecule has 0 aliphatic heterocycles. The monoisotopic (exact) mass is 238 g/mol. The Kier molecular flexibility index (Phi) is 3.32. The third-order valence-corrected chi connectivity index (χ3v) is 2.38. The lowest BCUT2D eigenvalue weighted by atomic mass is 10.2. The first kappa shape index (κ1) is 10.1. The zero-order valence-electron chi connectivity index (χ0n) is 7.71. The Morgan fingerprint density at radius 1 is 1.54 bits per heavy atom. The molecular formula is C10H11BrN2. The molecule has 68 valence electrons. The van der Waals surface area contributed by atoms with Crippen molar-refractivity contribution < 1.29 is 0 Å². The van der Waals surface area contributed by atoms with E-state index < -0.39 is 0 Å². The predicted molar refractivity (Wildman–Crippen MR) is 57.8 cm³/mol. The highest BCUT2D eigenvalue weighted by molar-refractivity contribution is 9.10. The van der Waals surface area contributed by atoms with Gasteiger partial charge in [-0.3, -0.25) is 0 Å². The van der Waals surface area contributed by atoms with Crippen LogP contribution in [0.2, 0.25) is 0 Å². The SMILES string of the molecule is Cc1ccc(Br)cc1N(C)CC#N. The Balaban J connectivity index is 3.00. The average molecular weight is 239 g/mol. The normalized spacial score (nSPS) is 9.38. The lowest BCUT2D eigenvalue weighted by molar-refractivity contribution is 1.03. The predicted octanol–water partition coefficient (Wildman–Crippen LogP) is 2.72. The van der Waals surface area contributed by atoms with Gasteiger partial charge in [0.05, 0.1) is 6.07 Å². The molecule has 0 aliphatic carbocycles. The molecule has 0 spiro atoms. The van der Waals surface area contributed by atoms with Crippen molar-refractivity contribution >= 4 is 21.6 Å². The summed E-state index contributed by atoms with van der Waals surface area (Å²) in [6.07, 6.45) is 0. The summed E-state index contributed by atoms with van der Waals surface area (Å²) in [5.41, 5.74) is 2.27. The minimum absolute atomic E-state index is 0.414. The van der Waals surface area contributed by atoms with Crippen LogP contribution in [0.4, 0.5) is 5.69 Å². The Morgan fingerprint density at radius 2 is 2.23 bits per heavy atom. The third-order valence-electron chi connectivity index (χ3n) is 1.89. The van der Waals surface area contributed by atoms with Crippen molar-refractivity contribution in [1.29, 1.82) is 5.26 Å². The van der Waals surface area contributed by atoms with Gasteiger partial charge in [0.15, 0.2) is 0 Å². The van der Waals surface area contributed by atoms with Crippen LogP contribution >= 0.6 is 15.9 Å². The van der Waals surface area contributed by atoms with Gasteiger partial charge in [-0.25, -0.2) is 0 Å². The van der Waals surface area contributed by atoms with Crippen molar-refractivity contribution in [2.45, 2.75) is 6.92 Å². The molecule has 0 amide bonds. The first-order valence-corrected chi connectivity index (χ1v) is 4.78. The molecule has 2 nitrogen and oxygen atoms in total. The van der Waals surface area contributed by atoms with Gasteiger partial charge < -0.3 is 4.90 Å². The van der Waals surface area contributed by atoms with E-state index in [1.807, 2.05) is 37.1 Å². The fourth-order valence-electron chi connectivity index (χ4n) is 1.19. The second kappa shape index (κ2) is 4.29. The number of anilines is 1. The van der Waals surface area contributed by atoms with Gasteiger partial charge in [-0.05, 0) is 24.6 Å². The van der Waals surface area contributed by atoms with Crippen molar-refractivity contribution in [3.05, 3.63) is 28.2 Å². The van der Waals surface area contributed by atoms with E-state index in [9.17, 15) is 0 Å². The first-order valence-electron chi connectivity index (χ1n) is 3.99. The molecule has 0 bridgehead atoms. The summed E-state index contributed by atoms with van der Waals surface area (Å²) in [5, 5.41) is 8.55. The van der Waals surface area contributed by atoms with Gasteiger partial charge in [0, 0.05) is 17.2 Å². The maximum absolute atomic E-state index is 8.55. The quantitative estimate of drug-likeness (QED) is 0.742. The molecule has 1 aromatic carbocycles. The largest absolute Gasteiger partial charge is 0.361 e. The van der Waals surface area contributed by atoms with Gasteiger partial charge in [0.2, 0.25) is 0 Å². The summed E-state index contributed by atoms with van der Waals surface area (Å²) in [7, 11) is 1.91. The summed E-state index contributed by atoms with van der Waals surface area (Å²) < 4.78 is 1.04. The maximum atomic E-state index is 8.55. The lowest BCUT2D eigenvalue weighted by Gasteiger charge is -2.17. The molecule has 0 saturated carbocycles. The number of aryl methyl sites for hydroxylation is 1. The first-order chi connectivity index (χ1) is 6.15. The standard InChI is InChI=1S/C10H11BrN2/c1-8-3-4-9(11)7-10(8)13(2)6-5-12/h3-4,7H,6H2,1-2H3. The molecule has 0 aromatic heterocycles. The van der Waals surface area contributed by atoms with Crippen molar-refractivity contribution in [3.8, 4) is 6.07 Å². The second-order valence-corrected chi connectivity index (χ2v) is 3.86. The van der Waals surface area contributed by atoms with Gasteiger partial charge in [-0.1, -0.05) is 22.0 Å². The Bertz CT molecular complexity index is 341. The zero-order chi connectivity index (χ0) is 9.84. The van der Waals surface area contributed by atoms with Crippen molar-refractivity contribution in [1.82, 2.24) is 0 Å². The van der Waals surface area contributed by atoms with E-state index in [0.29, 0.717) is 6.54 Å². The number of halogens is 1. The fraction of sp³-hybridized carbons (Fsp3) is 0.300. The second-order valence-electron chi connectivity index (χ2n) is 2.94. The van der Waals surface area contributed by atoms with E-state index in [0.717, 1.165) is 10.2 Å². The highest BCUT2D eigenvalue weighted by Gasteiger charge is 2.03. The van der Waals surface area contributed by atoms with Crippen LogP contribution in [0.15, 0.2) is 22.7 Å². The van der Waals surface area contributed by atoms with E-state index in [4.69, 9.17) is 5.26 Å². The van der Waals surface area contributed by atoms with E-state index in [-0.39, 0.29) is 0 Å². The number of benzene rings is 1. The van der Waals surface area contributed by atoms with E-state index in [1.165, 1.54) is 5.56 Å². The lowest BCUT2D eigenvalue weighted by Crippen LogP contribution is -2.17. The van der Waals surface area contributed by atoms with E-state index in [1.54, 1.807) is 0 Å². The zero-order valence-corrected chi connectivity index (χ0v) is 9.30. The minimum atomic E-state index is 0.414. The summed E-state index contributed by atoms with van der Waals surface area (Å²) >= 11 is 3.41. The van der Waals surface area contributed by atoms with Gasteiger partial charge in [0.1, 0.15) is 6.54 Å². The van der Waals surface area contributed by atoms with Crippen molar-refractivity contribution in [2.24, 2.45) is 0 Å². The Hall–Kier alpha value is -1.01. The van der Waals surface area contributed by atoms with Crippen LogP contribution in [0.5, 0.6) is 0 Å². The highest BCUT2D eigenvalue weighted by Crippen LogP contribution is 2.23. The summed E-state index contributed by atoms with van der Waals surface area (Å²) in [4.78, 5) is 1.93. The molecule has 3 heteroatoms. The fourth-order valence-corrected chi connectivity index (χ4v) is 1.53. The van der Waals surface area contributed by atoms with Crippen LogP contribution in [0.25, 0.3) is 0 Å². The molecule has 0 atom stereocenters. The highest BCUT2D eigenvalue weighted by atomic mass is 79.9. The summed E-state index contributed by atoms with van der Waals surface area (Å²) in [6, 6.07) is 8.18. The summed E-state index contributed by atoms with van der Waals surface area (Å²) in [6.45, 7) is 2.45. The van der Waals surface area contributed by atoms with Crippen LogP contribution in [0.1, 0.15) is 5.56 Å². The number of hydrogen-bond acceptors (Lipinski definition) is 2. The average Bonchev–Trinajstić information content (AvgIpc) is 2.09. The van der Waals surface area contributed by atoms with Crippen LogP contribution in [0.3, 0.4) is 0 Å². The smallest absolute Gasteiger partial charge is 0.105 e. The molecule has 0 unspecified atom stereocenters. The molecule has 0 heterocycles. The molecule has 0 fully saturated rings. The molecule has 0 saturated heterocycles. The third kappa shape index (κ3) is 2.46. The molecule has 13 heavy (non-hydrogen) atoms. The molecule has 1 aromatic rings. The molecule has 0 radical (unpaired) electrons. The van der Waals surface area contributed by atoms with Crippen LogP contribution < -0.4 is 4.90 Å². The Labute approximate surface area is 86.9 Å².